The van der Waals surface area contributed by atoms with E-state index >= 15 is 0 Å². The monoisotopic (exact) mass is 519 g/mol. The number of hydrogen-bond acceptors (Lipinski definition) is 4. The van der Waals surface area contributed by atoms with Gasteiger partial charge in [0.25, 0.3) is 0 Å². The number of amidine groups is 1. The summed E-state index contributed by atoms with van der Waals surface area (Å²) in [6, 6.07) is 11.6. The summed E-state index contributed by atoms with van der Waals surface area (Å²) < 4.78 is 0. The van der Waals surface area contributed by atoms with Gasteiger partial charge in [0.2, 0.25) is 0 Å². The molecule has 6 N–H and O–H groups in total. The maximum Gasteiger partial charge on any atom is 0.178 e. The van der Waals surface area contributed by atoms with Crippen molar-refractivity contribution in [3.8, 4) is 12.8 Å². The summed E-state index contributed by atoms with van der Waals surface area (Å²) in [5.74, 6) is 1.83. The fourth-order valence-electron chi connectivity index (χ4n) is 3.68. The number of pyridine rings is 1. The van der Waals surface area contributed by atoms with E-state index in [1.54, 1.807) is 12.3 Å². The lowest BCUT2D eigenvalue weighted by atomic mass is 10.0. The summed E-state index contributed by atoms with van der Waals surface area (Å²) in [6.07, 6.45) is 24.2. The average Bonchev–Trinajstić information content (AvgIpc) is 3.36. The van der Waals surface area contributed by atoms with Crippen molar-refractivity contribution in [2.45, 2.75) is 20.3 Å². The number of rotatable bonds is 7. The molecule has 1 atom stereocenters. The molecule has 0 bridgehead atoms. The summed E-state index contributed by atoms with van der Waals surface area (Å²) in [5, 5.41) is 3.21. The Bertz CT molecular complexity index is 1370. The maximum atomic E-state index is 5.57. The molecule has 1 aliphatic rings. The summed E-state index contributed by atoms with van der Waals surface area (Å²) in [4.78, 5) is 16.5. The zero-order chi connectivity index (χ0) is 28.6. The molecule has 0 saturated heterocycles. The number of benzene rings is 1. The molecular formula is C32H37N7. The van der Waals surface area contributed by atoms with Gasteiger partial charge in [0.05, 0.1) is 17.7 Å². The maximum absolute atomic E-state index is 5.57. The SMILES string of the molecule is C#C.C=Cc1c[nH]c(C(N=CN)=Nc2cc(C(=C)Nc3ccccn3)ccc2C)c1C.NCC1C=CC=CC1. The van der Waals surface area contributed by atoms with Crippen LogP contribution in [0.25, 0.3) is 11.8 Å². The number of H-pyrrole nitrogens is 1. The number of aromatic amines is 1. The predicted molar refractivity (Wildman–Crippen MR) is 168 cm³/mol. The first-order valence-electron chi connectivity index (χ1n) is 12.4. The molecule has 0 amide bonds. The van der Waals surface area contributed by atoms with Gasteiger partial charge in [-0.3, -0.25) is 0 Å². The predicted octanol–water partition coefficient (Wildman–Crippen LogP) is 6.14. The number of hydrogen-bond donors (Lipinski definition) is 4. The molecule has 1 aromatic carbocycles. The van der Waals surface area contributed by atoms with E-state index < -0.39 is 0 Å². The van der Waals surface area contributed by atoms with Gasteiger partial charge < -0.3 is 21.8 Å². The van der Waals surface area contributed by atoms with E-state index in [0.29, 0.717) is 11.8 Å². The molecule has 2 heterocycles. The van der Waals surface area contributed by atoms with Crippen LogP contribution in [0.15, 0.2) is 96.2 Å². The Hall–Kier alpha value is -4.93. The lowest BCUT2D eigenvalue weighted by molar-refractivity contribution is 0.669. The Balaban J connectivity index is 0.000000451. The molecule has 0 saturated carbocycles. The third-order valence-corrected chi connectivity index (χ3v) is 5.92. The number of aryl methyl sites for hydroxylation is 1. The van der Waals surface area contributed by atoms with Crippen molar-refractivity contribution in [1.82, 2.24) is 9.97 Å². The van der Waals surface area contributed by atoms with E-state index in [1.807, 2.05) is 56.4 Å². The molecule has 7 nitrogen and oxygen atoms in total. The molecule has 2 aromatic heterocycles. The molecule has 1 aliphatic carbocycles. The minimum atomic E-state index is 0.502. The highest BCUT2D eigenvalue weighted by Gasteiger charge is 2.12. The fraction of sp³-hybridized carbons (Fsp3) is 0.156. The van der Waals surface area contributed by atoms with Gasteiger partial charge in [-0.2, -0.15) is 0 Å². The van der Waals surface area contributed by atoms with E-state index in [9.17, 15) is 0 Å². The van der Waals surface area contributed by atoms with E-state index in [1.165, 1.54) is 6.34 Å². The molecule has 0 spiro atoms. The Morgan fingerprint density at radius 1 is 1.23 bits per heavy atom. The smallest absolute Gasteiger partial charge is 0.178 e. The minimum absolute atomic E-state index is 0.502. The van der Waals surface area contributed by atoms with Gasteiger partial charge in [-0.15, -0.1) is 12.8 Å². The van der Waals surface area contributed by atoms with E-state index in [-0.39, 0.29) is 0 Å². The van der Waals surface area contributed by atoms with Gasteiger partial charge in [0.1, 0.15) is 5.82 Å². The van der Waals surface area contributed by atoms with Crippen molar-refractivity contribution >= 4 is 35.5 Å². The Morgan fingerprint density at radius 3 is 2.59 bits per heavy atom. The number of terminal acetylenes is 1. The van der Waals surface area contributed by atoms with Crippen LogP contribution in [0.4, 0.5) is 11.5 Å². The number of anilines is 1. The van der Waals surface area contributed by atoms with Crippen LogP contribution >= 0.6 is 0 Å². The van der Waals surface area contributed by atoms with Crippen molar-refractivity contribution in [1.29, 1.82) is 0 Å². The summed E-state index contributed by atoms with van der Waals surface area (Å²) >= 11 is 0. The lowest BCUT2D eigenvalue weighted by Crippen LogP contribution is -2.11. The van der Waals surface area contributed by atoms with Crippen LogP contribution in [-0.2, 0) is 0 Å². The van der Waals surface area contributed by atoms with Crippen LogP contribution < -0.4 is 16.8 Å². The highest BCUT2D eigenvalue weighted by Crippen LogP contribution is 2.26. The Morgan fingerprint density at radius 2 is 2.03 bits per heavy atom. The topological polar surface area (TPSA) is 117 Å². The van der Waals surface area contributed by atoms with Crippen LogP contribution in [0.3, 0.4) is 0 Å². The van der Waals surface area contributed by atoms with Crippen molar-refractivity contribution in [2.75, 3.05) is 11.9 Å². The highest BCUT2D eigenvalue weighted by molar-refractivity contribution is 6.04. The third-order valence-electron chi connectivity index (χ3n) is 5.92. The second-order valence-electron chi connectivity index (χ2n) is 8.53. The van der Waals surface area contributed by atoms with Gasteiger partial charge in [-0.05, 0) is 73.2 Å². The second kappa shape index (κ2) is 16.0. The van der Waals surface area contributed by atoms with E-state index in [0.717, 1.165) is 58.1 Å². The number of allylic oxidation sites excluding steroid dienone is 3. The van der Waals surface area contributed by atoms with Crippen LogP contribution in [-0.4, -0.2) is 28.7 Å². The fourth-order valence-corrected chi connectivity index (χ4v) is 3.68. The van der Waals surface area contributed by atoms with Crippen LogP contribution in [0.5, 0.6) is 0 Å². The molecule has 200 valence electrons. The molecule has 3 aromatic rings. The number of nitrogens with two attached hydrogens (primary N) is 2. The van der Waals surface area contributed by atoms with Crippen molar-refractivity contribution in [2.24, 2.45) is 27.4 Å². The quantitative estimate of drug-likeness (QED) is 0.170. The van der Waals surface area contributed by atoms with Gasteiger partial charge in [0, 0.05) is 18.1 Å². The summed E-state index contributed by atoms with van der Waals surface area (Å²) in [7, 11) is 0. The van der Waals surface area contributed by atoms with E-state index in [2.05, 4.69) is 70.6 Å². The normalized spacial score (nSPS) is 14.1. The number of aliphatic imine (C=N–C) groups is 2. The van der Waals surface area contributed by atoms with E-state index in [4.69, 9.17) is 16.5 Å². The standard InChI is InChI=1S/C23H24N6.C7H11N.C2H2/c1-5-18-13-26-22(16(18)3)23(27-14-24)29-20-12-19(10-9-15(20)2)17(4)28-21-8-6-7-11-25-21;8-6-7-4-2-1-3-5-7;1-2/h5-14,26H,1,4H2,2-3H3,(H,25,28)(H2,24,27,29);1-4,7H,5-6,8H2;1-2H. The second-order valence-corrected chi connectivity index (χ2v) is 8.53. The number of aromatic nitrogens is 2. The molecule has 0 radical (unpaired) electrons. The zero-order valence-electron chi connectivity index (χ0n) is 22.6. The molecule has 0 fully saturated rings. The zero-order valence-corrected chi connectivity index (χ0v) is 22.6. The van der Waals surface area contributed by atoms with Crippen LogP contribution in [0.1, 0.15) is 34.4 Å². The first-order valence-corrected chi connectivity index (χ1v) is 12.4. The lowest BCUT2D eigenvalue weighted by Gasteiger charge is -2.11. The molecular weight excluding hydrogens is 482 g/mol. The molecule has 4 rings (SSSR count). The molecule has 7 heteroatoms. The summed E-state index contributed by atoms with van der Waals surface area (Å²) in [5.41, 5.74) is 17.2. The molecule has 1 unspecified atom stereocenters. The Labute approximate surface area is 231 Å². The average molecular weight is 520 g/mol. The number of nitrogens with zero attached hydrogens (tertiary/aromatic N) is 3. The Kier molecular flexibility index (Phi) is 12.4. The van der Waals surface area contributed by atoms with Gasteiger partial charge in [-0.1, -0.05) is 61.7 Å². The first-order chi connectivity index (χ1) is 19.0. The van der Waals surface area contributed by atoms with Gasteiger partial charge in [-0.25, -0.2) is 15.0 Å². The summed E-state index contributed by atoms with van der Waals surface area (Å²) in [6.45, 7) is 12.7. The van der Waals surface area contributed by atoms with Crippen molar-refractivity contribution in [3.63, 3.8) is 0 Å². The van der Waals surface area contributed by atoms with Crippen molar-refractivity contribution in [3.05, 3.63) is 114 Å². The van der Waals surface area contributed by atoms with Gasteiger partial charge in [0.15, 0.2) is 5.84 Å². The largest absolute Gasteiger partial charge is 0.390 e. The first kappa shape index (κ1) is 30.3. The third kappa shape index (κ3) is 8.85. The molecule has 39 heavy (non-hydrogen) atoms. The van der Waals surface area contributed by atoms with Crippen molar-refractivity contribution < 1.29 is 0 Å². The van der Waals surface area contributed by atoms with Crippen LogP contribution in [0, 0.1) is 32.6 Å². The van der Waals surface area contributed by atoms with Gasteiger partial charge >= 0.3 is 0 Å². The van der Waals surface area contributed by atoms with Crippen LogP contribution in [0.2, 0.25) is 0 Å². The minimum Gasteiger partial charge on any atom is -0.390 e. The highest BCUT2D eigenvalue weighted by atomic mass is 15.0. The number of nitrogens with one attached hydrogen (secondary N) is 2. The molecule has 0 aliphatic heterocycles.